The van der Waals surface area contributed by atoms with Crippen molar-refractivity contribution in [1.29, 1.82) is 0 Å². The lowest BCUT2D eigenvalue weighted by molar-refractivity contribution is 0.766. The molecule has 0 saturated carbocycles. The number of fused-ring (bicyclic) bond motifs is 19. The minimum atomic E-state index is -0.606. The molecule has 17 aromatic rings. The van der Waals surface area contributed by atoms with E-state index in [1.807, 2.05) is 11.3 Å². The Morgan fingerprint density at radius 3 is 1.09 bits per heavy atom. The highest BCUT2D eigenvalue weighted by atomic mass is 32.1. The van der Waals surface area contributed by atoms with Gasteiger partial charge in [-0.1, -0.05) is 314 Å². The number of thiophene rings is 1. The smallest absolute Gasteiger partial charge is 0.0726 e. The molecule has 4 aliphatic rings. The third-order valence-corrected chi connectivity index (χ3v) is 24.5. The fourth-order valence-corrected chi connectivity index (χ4v) is 20.3. The van der Waals surface area contributed by atoms with Crippen molar-refractivity contribution in [1.82, 2.24) is 0 Å². The van der Waals surface area contributed by atoms with Gasteiger partial charge in [0.25, 0.3) is 0 Å². The van der Waals surface area contributed by atoms with Gasteiger partial charge in [-0.05, 0) is 203 Å². The van der Waals surface area contributed by atoms with Crippen molar-refractivity contribution in [2.24, 2.45) is 0 Å². The summed E-state index contributed by atoms with van der Waals surface area (Å²) in [7, 11) is 0. The van der Waals surface area contributed by atoms with Crippen LogP contribution in [0.3, 0.4) is 0 Å². The highest BCUT2D eigenvalue weighted by molar-refractivity contribution is 7.26. The molecule has 1 aromatic heterocycles. The van der Waals surface area contributed by atoms with Gasteiger partial charge in [0.05, 0.1) is 27.6 Å². The Bertz CT molecular complexity index is 6000. The fraction of sp³-hybridized carbons (Fsp3) is 0.0495. The molecule has 0 atom stereocenters. The first-order valence-electron chi connectivity index (χ1n) is 36.3. The molecule has 1 heterocycles. The van der Waals surface area contributed by atoms with E-state index in [9.17, 15) is 0 Å². The van der Waals surface area contributed by atoms with Gasteiger partial charge in [-0.3, -0.25) is 0 Å². The van der Waals surface area contributed by atoms with Crippen LogP contribution in [0.1, 0.15) is 77.9 Å². The van der Waals surface area contributed by atoms with Gasteiger partial charge in [0.2, 0.25) is 0 Å². The molecule has 0 fully saturated rings. The van der Waals surface area contributed by atoms with Crippen molar-refractivity contribution in [2.75, 3.05) is 9.80 Å². The molecule has 2 nitrogen and oxygen atoms in total. The molecule has 16 aromatic carbocycles. The maximum atomic E-state index is 2.56. The zero-order valence-corrected chi connectivity index (χ0v) is 58.4. The summed E-state index contributed by atoms with van der Waals surface area (Å²) in [5.41, 5.74) is 35.2. The molecular weight excluding hydrogens is 1270 g/mol. The lowest BCUT2D eigenvalue weighted by Gasteiger charge is -2.36. The summed E-state index contributed by atoms with van der Waals surface area (Å²) < 4.78 is 2.55. The van der Waals surface area contributed by atoms with Gasteiger partial charge >= 0.3 is 0 Å². The minimum absolute atomic E-state index is 0.492. The van der Waals surface area contributed by atoms with Crippen LogP contribution >= 0.6 is 11.3 Å². The second kappa shape index (κ2) is 23.2. The van der Waals surface area contributed by atoms with E-state index < -0.39 is 16.2 Å². The summed E-state index contributed by atoms with van der Waals surface area (Å²) >= 11 is 1.87. The van der Waals surface area contributed by atoms with Crippen LogP contribution in [0.2, 0.25) is 0 Å². The Morgan fingerprint density at radius 2 is 0.587 bits per heavy atom. The van der Waals surface area contributed by atoms with E-state index in [1.54, 1.807) is 0 Å². The Labute approximate surface area is 611 Å². The van der Waals surface area contributed by atoms with Gasteiger partial charge in [0.15, 0.2) is 0 Å². The first kappa shape index (κ1) is 60.1. The van der Waals surface area contributed by atoms with Gasteiger partial charge < -0.3 is 9.80 Å². The van der Waals surface area contributed by atoms with Gasteiger partial charge in [-0.2, -0.15) is 0 Å². The number of rotatable bonds is 11. The lowest BCUT2D eigenvalue weighted by Crippen LogP contribution is -2.29. The molecule has 104 heavy (non-hydrogen) atoms. The van der Waals surface area contributed by atoms with Crippen LogP contribution in [0.4, 0.5) is 34.1 Å². The molecular formula is C101H68N2S. The molecule has 4 aliphatic carbocycles. The molecule has 0 aliphatic heterocycles. The minimum Gasteiger partial charge on any atom is -0.310 e. The zero-order chi connectivity index (χ0) is 68.8. The summed E-state index contributed by atoms with van der Waals surface area (Å²) in [6, 6.07) is 143. The largest absolute Gasteiger partial charge is 0.310 e. The van der Waals surface area contributed by atoms with E-state index >= 15 is 0 Å². The molecule has 1 spiro atoms. The topological polar surface area (TPSA) is 6.48 Å². The number of hydrogen-bond donors (Lipinski definition) is 0. The van der Waals surface area contributed by atoms with Crippen molar-refractivity contribution in [2.45, 2.75) is 30.1 Å². The zero-order valence-electron chi connectivity index (χ0n) is 57.6. The van der Waals surface area contributed by atoms with Crippen molar-refractivity contribution in [3.8, 4) is 55.6 Å². The quantitative estimate of drug-likeness (QED) is 0.127. The summed E-state index contributed by atoms with van der Waals surface area (Å²) in [5, 5.41) is 2.52. The van der Waals surface area contributed by atoms with E-state index in [0.29, 0.717) is 0 Å². The van der Waals surface area contributed by atoms with Crippen LogP contribution in [0.5, 0.6) is 0 Å². The monoisotopic (exact) mass is 1340 g/mol. The Kier molecular flexibility index (Phi) is 13.4. The molecule has 0 N–H and O–H groups in total. The molecule has 0 bridgehead atoms. The number of hydrogen-bond acceptors (Lipinski definition) is 3. The predicted molar refractivity (Wildman–Crippen MR) is 435 cm³/mol. The highest BCUT2D eigenvalue weighted by Gasteiger charge is 2.53. The maximum absolute atomic E-state index is 2.56. The second-order valence-corrected chi connectivity index (χ2v) is 29.7. The summed E-state index contributed by atoms with van der Waals surface area (Å²) in [4.78, 5) is 5.09. The molecule has 21 rings (SSSR count). The first-order valence-corrected chi connectivity index (χ1v) is 37.1. The SMILES string of the molecule is Cc1ccc2c(c1)C(c1ccccc1)(c1ccccc1)c1cc(N(c3ccc(-c4ccc(N(c5cccc6c5-c5ccccc5C65c6ccccc6-c6ccccc65)c5cccc6sc7ccccc7c56)cc4)cc3)c3ccc4c(c3)C(c3ccccc3)(c3ccccc3)c3cc(C)ccc3-4)ccc1-2. The average Bonchev–Trinajstić information content (AvgIpc) is 1.52. The van der Waals surface area contributed by atoms with E-state index in [0.717, 1.165) is 45.3 Å². The van der Waals surface area contributed by atoms with E-state index in [2.05, 4.69) is 400 Å². The summed E-state index contributed by atoms with van der Waals surface area (Å²) in [6.45, 7) is 4.46. The van der Waals surface area contributed by atoms with Crippen molar-refractivity contribution >= 4 is 65.6 Å². The molecule has 3 heteroatoms. The number of benzene rings is 16. The average molecular weight is 1340 g/mol. The molecule has 0 saturated heterocycles. The third-order valence-electron chi connectivity index (χ3n) is 23.3. The third kappa shape index (κ3) is 8.44. The molecule has 0 unspecified atom stereocenters. The summed E-state index contributed by atoms with van der Waals surface area (Å²) in [5.74, 6) is 0. The van der Waals surface area contributed by atoms with Crippen molar-refractivity contribution in [3.63, 3.8) is 0 Å². The van der Waals surface area contributed by atoms with Crippen LogP contribution < -0.4 is 9.80 Å². The predicted octanol–water partition coefficient (Wildman–Crippen LogP) is 26.3. The Morgan fingerprint density at radius 1 is 0.231 bits per heavy atom. The first-order chi connectivity index (χ1) is 51.4. The standard InChI is InChI=1S/C101H68N2S/c1-65-45-57-79-81-59-55-75(63-91(81)99(89(79)61-65,69-25-7-3-8-26-69)70-27-9-4-10-28-70)102(76-56-60-82-80-58-46-66(2)62-90(80)100(92(82)64-76,71-29-11-5-12-30-71)72-31-13-6-14-32-72)73-51-47-67(48-52-73)68-49-53-74(54-50-68)103(94-42-24-44-96-98(94)84-36-18-22-43-95(84)104-96)93-41-23-40-88-97(93)83-35-17-21-39-87(83)101(88)85-37-19-15-33-77(85)78-34-16-20-38-86(78)101/h3-64H,1-2H3. The normalized spacial score (nSPS) is 13.9. The maximum Gasteiger partial charge on any atom is 0.0726 e. The second-order valence-electron chi connectivity index (χ2n) is 28.6. The Hall–Kier alpha value is -12.7. The lowest BCUT2D eigenvalue weighted by atomic mass is 9.67. The van der Waals surface area contributed by atoms with Crippen LogP contribution in [0, 0.1) is 13.8 Å². The van der Waals surface area contributed by atoms with Crippen LogP contribution in [-0.2, 0) is 16.2 Å². The van der Waals surface area contributed by atoms with Crippen LogP contribution in [-0.4, -0.2) is 0 Å². The van der Waals surface area contributed by atoms with E-state index in [4.69, 9.17) is 0 Å². The van der Waals surface area contributed by atoms with Gasteiger partial charge in [-0.15, -0.1) is 11.3 Å². The van der Waals surface area contributed by atoms with Gasteiger partial charge in [-0.25, -0.2) is 0 Å². The van der Waals surface area contributed by atoms with E-state index in [1.165, 1.54) is 143 Å². The van der Waals surface area contributed by atoms with Gasteiger partial charge in [0.1, 0.15) is 0 Å². The molecule has 0 radical (unpaired) electrons. The van der Waals surface area contributed by atoms with Crippen molar-refractivity contribution in [3.05, 3.63) is 454 Å². The molecule has 488 valence electrons. The number of nitrogens with zero attached hydrogens (tertiary/aromatic N) is 2. The Balaban J connectivity index is 0.745. The van der Waals surface area contributed by atoms with Crippen molar-refractivity contribution < 1.29 is 0 Å². The van der Waals surface area contributed by atoms with E-state index in [-0.39, 0.29) is 0 Å². The van der Waals surface area contributed by atoms with Gasteiger partial charge in [0, 0.05) is 48.5 Å². The highest BCUT2D eigenvalue weighted by Crippen LogP contribution is 2.66. The fourth-order valence-electron chi connectivity index (χ4n) is 19.2. The van der Waals surface area contributed by atoms with Crippen LogP contribution in [0.15, 0.2) is 376 Å². The molecule has 0 amide bonds. The number of aryl methyl sites for hydroxylation is 2. The number of anilines is 6. The summed E-state index contributed by atoms with van der Waals surface area (Å²) in [6.07, 6.45) is 0. The van der Waals surface area contributed by atoms with Crippen LogP contribution in [0.25, 0.3) is 75.8 Å².